The molecule has 0 aliphatic rings. The van der Waals surface area contributed by atoms with Gasteiger partial charge in [0, 0.05) is 10.5 Å². The third-order valence-corrected chi connectivity index (χ3v) is 11.2. The van der Waals surface area contributed by atoms with Gasteiger partial charge in [-0.3, -0.25) is 9.59 Å². The molecule has 0 spiro atoms. The summed E-state index contributed by atoms with van der Waals surface area (Å²) in [5.74, 6) is -0.224. The molecule has 0 N–H and O–H groups in total. The Bertz CT molecular complexity index is 628. The van der Waals surface area contributed by atoms with Crippen molar-refractivity contribution in [2.75, 3.05) is 13.2 Å². The van der Waals surface area contributed by atoms with E-state index in [1.54, 1.807) is 11.8 Å². The van der Waals surface area contributed by atoms with E-state index in [4.69, 9.17) is 9.47 Å². The average molecular weight is 711 g/mol. The molecule has 0 aliphatic carbocycles. The second kappa shape index (κ2) is 40.1. The molecule has 0 rings (SSSR count). The molecule has 0 aromatic rings. The molecule has 4 nitrogen and oxygen atoms in total. The fraction of sp³-hybridized carbons (Fsp3) is 0.955. The summed E-state index contributed by atoms with van der Waals surface area (Å²) in [7, 11) is 0. The lowest BCUT2D eigenvalue weighted by atomic mass is 10.0. The van der Waals surface area contributed by atoms with Crippen LogP contribution in [0.5, 0.6) is 0 Å². The number of carbonyl (C=O) groups excluding carboxylic acids is 2. The van der Waals surface area contributed by atoms with Crippen molar-refractivity contribution in [3.05, 3.63) is 0 Å². The lowest BCUT2D eigenvalue weighted by molar-refractivity contribution is -0.144. The number of rotatable bonds is 40. The predicted octanol–water partition coefficient (Wildman–Crippen LogP) is 14.9. The Balaban J connectivity index is 3.47. The molecular weight excluding hydrogens is 625 g/mol. The van der Waals surface area contributed by atoms with Crippen LogP contribution in [-0.4, -0.2) is 35.7 Å². The fourth-order valence-electron chi connectivity index (χ4n) is 6.75. The van der Waals surface area contributed by atoms with Gasteiger partial charge in [0.25, 0.3) is 0 Å². The van der Waals surface area contributed by atoms with Crippen LogP contribution in [0.1, 0.15) is 246 Å². The zero-order valence-electron chi connectivity index (χ0n) is 33.7. The van der Waals surface area contributed by atoms with Gasteiger partial charge in [-0.25, -0.2) is 0 Å². The summed E-state index contributed by atoms with van der Waals surface area (Å²) in [6.07, 6.45) is 43.8. The molecule has 0 aromatic heterocycles. The Morgan fingerprint density at radius 2 is 0.571 bits per heavy atom. The Kier molecular flexibility index (Phi) is 39.5. The van der Waals surface area contributed by atoms with Gasteiger partial charge in [0.2, 0.25) is 0 Å². The van der Waals surface area contributed by atoms with Crippen LogP contribution in [0.25, 0.3) is 0 Å². The van der Waals surface area contributed by atoms with Gasteiger partial charge in [0.15, 0.2) is 0 Å². The van der Waals surface area contributed by atoms with Crippen LogP contribution in [0.15, 0.2) is 0 Å². The fourth-order valence-corrected chi connectivity index (χ4v) is 8.01. The molecule has 292 valence electrons. The number of ether oxygens (including phenoxy) is 2. The lowest BCUT2D eigenvalue weighted by Crippen LogP contribution is -2.17. The highest BCUT2D eigenvalue weighted by Crippen LogP contribution is 2.23. The average Bonchev–Trinajstić information content (AvgIpc) is 3.07. The van der Waals surface area contributed by atoms with E-state index in [0.29, 0.717) is 26.1 Å². The van der Waals surface area contributed by atoms with E-state index in [2.05, 4.69) is 27.7 Å². The molecule has 49 heavy (non-hydrogen) atoms. The molecule has 0 fully saturated rings. The second-order valence-corrected chi connectivity index (χ2v) is 17.1. The molecule has 0 amide bonds. The van der Waals surface area contributed by atoms with Crippen molar-refractivity contribution in [3.8, 4) is 0 Å². The summed E-state index contributed by atoms with van der Waals surface area (Å²) in [4.78, 5) is 24.5. The standard InChI is InChI=1S/C44H86O4S/c1-5-7-9-11-13-15-17-19-21-23-25-27-29-31-33-35-37-47-43(45)39-41(3)49-42(4)40-44(46)48-38-36-34-32-30-28-26-24-22-20-18-16-14-12-10-8-6-2/h41-42H,5-40H2,1-4H3. The first-order valence-corrected chi connectivity index (χ1v) is 22.9. The van der Waals surface area contributed by atoms with E-state index >= 15 is 0 Å². The van der Waals surface area contributed by atoms with Gasteiger partial charge in [0.05, 0.1) is 26.1 Å². The van der Waals surface area contributed by atoms with Gasteiger partial charge in [0.1, 0.15) is 0 Å². The summed E-state index contributed by atoms with van der Waals surface area (Å²) in [5, 5.41) is 0.280. The normalized spacial score (nSPS) is 12.7. The van der Waals surface area contributed by atoms with E-state index in [1.807, 2.05) is 0 Å². The van der Waals surface area contributed by atoms with Crippen LogP contribution < -0.4 is 0 Å². The first-order chi connectivity index (χ1) is 24.0. The largest absolute Gasteiger partial charge is 0.466 e. The van der Waals surface area contributed by atoms with Crippen molar-refractivity contribution < 1.29 is 19.1 Å². The SMILES string of the molecule is CCCCCCCCCCCCCCCCCCOC(=O)CC(C)SC(C)CC(=O)OCCCCCCCCCCCCCCCCCC. The molecule has 0 bridgehead atoms. The third-order valence-electron chi connectivity index (χ3n) is 9.89. The molecule has 2 unspecified atom stereocenters. The highest BCUT2D eigenvalue weighted by atomic mass is 32.2. The maximum atomic E-state index is 12.3. The minimum absolute atomic E-state index is 0.112. The molecule has 0 radical (unpaired) electrons. The van der Waals surface area contributed by atoms with Crippen molar-refractivity contribution in [3.63, 3.8) is 0 Å². The Morgan fingerprint density at radius 1 is 0.367 bits per heavy atom. The van der Waals surface area contributed by atoms with Gasteiger partial charge in [-0.05, 0) is 12.8 Å². The van der Waals surface area contributed by atoms with Gasteiger partial charge >= 0.3 is 11.9 Å². The third kappa shape index (κ3) is 39.9. The van der Waals surface area contributed by atoms with E-state index in [-0.39, 0.29) is 22.4 Å². The molecule has 5 heteroatoms. The molecule has 0 aliphatic heterocycles. The monoisotopic (exact) mass is 711 g/mol. The van der Waals surface area contributed by atoms with Crippen LogP contribution >= 0.6 is 11.8 Å². The summed E-state index contributed by atoms with van der Waals surface area (Å²) >= 11 is 1.69. The number of hydrogen-bond acceptors (Lipinski definition) is 5. The minimum Gasteiger partial charge on any atom is -0.466 e. The lowest BCUT2D eigenvalue weighted by Gasteiger charge is -2.16. The Hall–Kier alpha value is -0.710. The first kappa shape index (κ1) is 48.3. The summed E-state index contributed by atoms with van der Waals surface area (Å²) < 4.78 is 11.0. The topological polar surface area (TPSA) is 52.6 Å². The highest BCUT2D eigenvalue weighted by molar-refractivity contribution is 8.00. The predicted molar refractivity (Wildman–Crippen MR) is 217 cm³/mol. The zero-order valence-corrected chi connectivity index (χ0v) is 34.5. The van der Waals surface area contributed by atoms with E-state index < -0.39 is 0 Å². The van der Waals surface area contributed by atoms with Crippen LogP contribution in [0.3, 0.4) is 0 Å². The van der Waals surface area contributed by atoms with Crippen molar-refractivity contribution in [2.45, 2.75) is 257 Å². The van der Waals surface area contributed by atoms with E-state index in [1.165, 1.54) is 180 Å². The minimum atomic E-state index is -0.112. The van der Waals surface area contributed by atoms with Crippen LogP contribution in [0.2, 0.25) is 0 Å². The maximum absolute atomic E-state index is 12.3. The van der Waals surface area contributed by atoms with Gasteiger partial charge in [-0.1, -0.05) is 220 Å². The number of hydrogen-bond donors (Lipinski definition) is 0. The molecular formula is C44H86O4S. The van der Waals surface area contributed by atoms with Crippen molar-refractivity contribution in [1.29, 1.82) is 0 Å². The summed E-state index contributed by atoms with van der Waals surface area (Å²) in [6, 6.07) is 0. The van der Waals surface area contributed by atoms with Crippen LogP contribution in [-0.2, 0) is 19.1 Å². The molecule has 0 saturated carbocycles. The molecule has 0 aromatic carbocycles. The number of carbonyl (C=O) groups is 2. The zero-order chi connectivity index (χ0) is 35.9. The summed E-state index contributed by atoms with van der Waals surface area (Å²) in [6.45, 7) is 9.75. The molecule has 0 saturated heterocycles. The second-order valence-electron chi connectivity index (χ2n) is 15.2. The van der Waals surface area contributed by atoms with E-state index in [0.717, 1.165) is 25.7 Å². The van der Waals surface area contributed by atoms with Crippen LogP contribution in [0, 0.1) is 0 Å². The van der Waals surface area contributed by atoms with Crippen molar-refractivity contribution >= 4 is 23.7 Å². The van der Waals surface area contributed by atoms with Crippen LogP contribution in [0.4, 0.5) is 0 Å². The van der Waals surface area contributed by atoms with Crippen molar-refractivity contribution in [2.24, 2.45) is 0 Å². The molecule has 0 heterocycles. The number of esters is 2. The first-order valence-electron chi connectivity index (χ1n) is 22.0. The summed E-state index contributed by atoms with van der Waals surface area (Å²) in [5.41, 5.74) is 0. The maximum Gasteiger partial charge on any atom is 0.306 e. The number of thioether (sulfide) groups is 1. The smallest absolute Gasteiger partial charge is 0.306 e. The molecule has 2 atom stereocenters. The number of unbranched alkanes of at least 4 members (excludes halogenated alkanes) is 30. The quantitative estimate of drug-likeness (QED) is 0.0468. The van der Waals surface area contributed by atoms with Gasteiger partial charge in [-0.15, -0.1) is 0 Å². The van der Waals surface area contributed by atoms with Gasteiger partial charge < -0.3 is 9.47 Å². The van der Waals surface area contributed by atoms with E-state index in [9.17, 15) is 9.59 Å². The Labute approximate surface area is 311 Å². The Morgan fingerprint density at radius 3 is 0.796 bits per heavy atom. The highest BCUT2D eigenvalue weighted by Gasteiger charge is 2.17. The van der Waals surface area contributed by atoms with Crippen molar-refractivity contribution in [1.82, 2.24) is 0 Å². The van der Waals surface area contributed by atoms with Gasteiger partial charge in [-0.2, -0.15) is 11.8 Å².